The predicted molar refractivity (Wildman–Crippen MR) is 155 cm³/mol. The third kappa shape index (κ3) is 5.39. The maximum absolute atomic E-state index is 6.75. The summed E-state index contributed by atoms with van der Waals surface area (Å²) in [7, 11) is 2.19. The van der Waals surface area contributed by atoms with Gasteiger partial charge in [0, 0.05) is 56.6 Å². The maximum Gasteiger partial charge on any atom is 0.227 e. The van der Waals surface area contributed by atoms with Crippen molar-refractivity contribution in [3.63, 3.8) is 0 Å². The van der Waals surface area contributed by atoms with Gasteiger partial charge in [0.15, 0.2) is 0 Å². The normalized spacial score (nSPS) is 19.4. The molecule has 3 aliphatic rings. The standard InChI is InChI=1S/C30H35ClN4O2S/c1-34(25-11-18-36-19-12-25)28-27-26(13-20-38-27)32-29(33-28)35-16-14-30(15-17-35,23-7-9-24(31)10-8-23)37-21-22-5-3-2-4-6-22/h2-10,25H,11-21H2,1H3. The van der Waals surface area contributed by atoms with Crippen molar-refractivity contribution < 1.29 is 9.47 Å². The van der Waals surface area contributed by atoms with Crippen molar-refractivity contribution in [2.24, 2.45) is 0 Å². The Morgan fingerprint density at radius 2 is 1.79 bits per heavy atom. The molecule has 4 heterocycles. The van der Waals surface area contributed by atoms with E-state index >= 15 is 0 Å². The van der Waals surface area contributed by atoms with Gasteiger partial charge in [-0.05, 0) is 48.9 Å². The van der Waals surface area contributed by atoms with Crippen LogP contribution in [0.2, 0.25) is 5.02 Å². The van der Waals surface area contributed by atoms with Gasteiger partial charge in [0.1, 0.15) is 5.82 Å². The van der Waals surface area contributed by atoms with Crippen molar-refractivity contribution in [2.45, 2.75) is 55.2 Å². The minimum Gasteiger partial charge on any atom is -0.381 e. The Morgan fingerprint density at radius 1 is 1.05 bits per heavy atom. The second-order valence-electron chi connectivity index (χ2n) is 10.4. The molecule has 1 aromatic heterocycles. The van der Waals surface area contributed by atoms with Crippen LogP contribution in [-0.2, 0) is 28.1 Å². The Kier molecular flexibility index (Phi) is 7.80. The van der Waals surface area contributed by atoms with Gasteiger partial charge in [0.25, 0.3) is 0 Å². The van der Waals surface area contributed by atoms with Crippen LogP contribution in [0.1, 0.15) is 42.5 Å². The molecular formula is C30H35ClN4O2S. The number of hydrogen-bond donors (Lipinski definition) is 0. The highest BCUT2D eigenvalue weighted by atomic mass is 35.5. The zero-order chi connectivity index (χ0) is 26.0. The average Bonchev–Trinajstić information content (AvgIpc) is 3.46. The molecule has 0 unspecified atom stereocenters. The molecule has 2 aromatic carbocycles. The second-order valence-corrected chi connectivity index (χ2v) is 12.0. The summed E-state index contributed by atoms with van der Waals surface area (Å²) in [5.41, 5.74) is 3.20. The van der Waals surface area contributed by atoms with Crippen molar-refractivity contribution in [2.75, 3.05) is 48.9 Å². The van der Waals surface area contributed by atoms with E-state index < -0.39 is 0 Å². The topological polar surface area (TPSA) is 50.7 Å². The molecule has 0 atom stereocenters. The maximum atomic E-state index is 6.75. The lowest BCUT2D eigenvalue weighted by Crippen LogP contribution is -2.45. The van der Waals surface area contributed by atoms with E-state index in [4.69, 9.17) is 31.0 Å². The SMILES string of the molecule is CN(c1nc(N2CCC(OCc3ccccc3)(c3ccc(Cl)cc3)CC2)nc2c1SCC2)C1CCOCC1. The zero-order valence-electron chi connectivity index (χ0n) is 21.9. The van der Waals surface area contributed by atoms with E-state index in [0.717, 1.165) is 80.9 Å². The first-order valence-corrected chi connectivity index (χ1v) is 15.0. The van der Waals surface area contributed by atoms with Crippen molar-refractivity contribution >= 4 is 35.1 Å². The van der Waals surface area contributed by atoms with Gasteiger partial charge in [-0.3, -0.25) is 0 Å². The lowest BCUT2D eigenvalue weighted by Gasteiger charge is -2.42. The van der Waals surface area contributed by atoms with Crippen molar-refractivity contribution in [1.82, 2.24) is 9.97 Å². The highest BCUT2D eigenvalue weighted by Crippen LogP contribution is 2.42. The molecule has 8 heteroatoms. The molecule has 200 valence electrons. The summed E-state index contributed by atoms with van der Waals surface area (Å²) in [6.45, 7) is 3.90. The minimum absolute atomic E-state index is 0.370. The fourth-order valence-electron chi connectivity index (χ4n) is 5.80. The number of halogens is 1. The second kappa shape index (κ2) is 11.4. The monoisotopic (exact) mass is 550 g/mol. The van der Waals surface area contributed by atoms with Crippen LogP contribution in [0.15, 0.2) is 59.5 Å². The molecule has 0 saturated carbocycles. The van der Waals surface area contributed by atoms with Gasteiger partial charge in [0.2, 0.25) is 5.95 Å². The molecule has 0 amide bonds. The Morgan fingerprint density at radius 3 is 2.53 bits per heavy atom. The van der Waals surface area contributed by atoms with Crippen molar-refractivity contribution in [3.05, 3.63) is 76.4 Å². The lowest BCUT2D eigenvalue weighted by molar-refractivity contribution is -0.0785. The summed E-state index contributed by atoms with van der Waals surface area (Å²) in [6.07, 6.45) is 4.82. The number of piperidine rings is 1. The summed E-state index contributed by atoms with van der Waals surface area (Å²) >= 11 is 8.13. The van der Waals surface area contributed by atoms with Crippen LogP contribution >= 0.6 is 23.4 Å². The number of fused-ring (bicyclic) bond motifs is 1. The van der Waals surface area contributed by atoms with Crippen LogP contribution in [-0.4, -0.2) is 55.1 Å². The van der Waals surface area contributed by atoms with Crippen LogP contribution in [0.3, 0.4) is 0 Å². The largest absolute Gasteiger partial charge is 0.381 e. The number of aryl methyl sites for hydroxylation is 1. The molecule has 0 spiro atoms. The summed E-state index contributed by atoms with van der Waals surface area (Å²) < 4.78 is 12.4. The first kappa shape index (κ1) is 25.9. The van der Waals surface area contributed by atoms with E-state index in [9.17, 15) is 0 Å². The van der Waals surface area contributed by atoms with Crippen LogP contribution in [0.4, 0.5) is 11.8 Å². The third-order valence-corrected chi connectivity index (χ3v) is 9.51. The zero-order valence-corrected chi connectivity index (χ0v) is 23.5. The van der Waals surface area contributed by atoms with E-state index in [0.29, 0.717) is 12.6 Å². The highest BCUT2D eigenvalue weighted by molar-refractivity contribution is 7.99. The Labute approximate surface area is 234 Å². The first-order valence-electron chi connectivity index (χ1n) is 13.6. The average molecular weight is 551 g/mol. The molecule has 3 aromatic rings. The van der Waals surface area contributed by atoms with E-state index in [1.807, 2.05) is 30.0 Å². The molecule has 0 aliphatic carbocycles. The molecule has 6 nitrogen and oxygen atoms in total. The number of benzene rings is 2. The van der Waals surface area contributed by atoms with Crippen LogP contribution in [0.25, 0.3) is 0 Å². The molecule has 2 saturated heterocycles. The van der Waals surface area contributed by atoms with Gasteiger partial charge < -0.3 is 19.3 Å². The Hall–Kier alpha value is -2.32. The summed E-state index contributed by atoms with van der Waals surface area (Å²) in [4.78, 5) is 16.3. The Balaban J connectivity index is 1.24. The smallest absolute Gasteiger partial charge is 0.227 e. The number of thioether (sulfide) groups is 1. The number of aromatic nitrogens is 2. The van der Waals surface area contributed by atoms with Gasteiger partial charge in [0.05, 0.1) is 22.8 Å². The number of nitrogens with zero attached hydrogens (tertiary/aromatic N) is 4. The van der Waals surface area contributed by atoms with E-state index in [-0.39, 0.29) is 5.60 Å². The molecule has 2 fully saturated rings. The number of rotatable bonds is 7. The van der Waals surface area contributed by atoms with E-state index in [2.05, 4.69) is 53.2 Å². The summed E-state index contributed by atoms with van der Waals surface area (Å²) in [6, 6.07) is 19.0. The highest BCUT2D eigenvalue weighted by Gasteiger charge is 2.39. The van der Waals surface area contributed by atoms with Crippen molar-refractivity contribution in [3.8, 4) is 0 Å². The summed E-state index contributed by atoms with van der Waals surface area (Å²) in [5, 5.41) is 0.745. The Bertz CT molecular complexity index is 1230. The van der Waals surface area contributed by atoms with E-state index in [1.165, 1.54) is 21.7 Å². The fraction of sp³-hybridized carbons (Fsp3) is 0.467. The molecule has 0 N–H and O–H groups in total. The molecule has 38 heavy (non-hydrogen) atoms. The molecule has 6 rings (SSSR count). The predicted octanol–water partition coefficient (Wildman–Crippen LogP) is 6.11. The van der Waals surface area contributed by atoms with E-state index in [1.54, 1.807) is 0 Å². The van der Waals surface area contributed by atoms with Gasteiger partial charge in [-0.2, -0.15) is 4.98 Å². The van der Waals surface area contributed by atoms with Crippen LogP contribution in [0, 0.1) is 0 Å². The third-order valence-electron chi connectivity index (χ3n) is 8.15. The van der Waals surface area contributed by atoms with Crippen LogP contribution < -0.4 is 9.80 Å². The number of ether oxygens (including phenoxy) is 2. The first-order chi connectivity index (χ1) is 18.6. The van der Waals surface area contributed by atoms with Gasteiger partial charge in [-0.25, -0.2) is 4.98 Å². The number of hydrogen-bond acceptors (Lipinski definition) is 7. The lowest BCUT2D eigenvalue weighted by atomic mass is 9.84. The molecule has 3 aliphatic heterocycles. The molecule has 0 radical (unpaired) electrons. The molecule has 0 bridgehead atoms. The quantitative estimate of drug-likeness (QED) is 0.352. The van der Waals surface area contributed by atoms with Crippen molar-refractivity contribution in [1.29, 1.82) is 0 Å². The number of anilines is 2. The minimum atomic E-state index is -0.370. The summed E-state index contributed by atoms with van der Waals surface area (Å²) in [5.74, 6) is 3.02. The molecular weight excluding hydrogens is 516 g/mol. The fourth-order valence-corrected chi connectivity index (χ4v) is 7.06. The van der Waals surface area contributed by atoms with Gasteiger partial charge in [-0.15, -0.1) is 11.8 Å². The van der Waals surface area contributed by atoms with Gasteiger partial charge >= 0.3 is 0 Å². The van der Waals surface area contributed by atoms with Crippen LogP contribution in [0.5, 0.6) is 0 Å². The van der Waals surface area contributed by atoms with Gasteiger partial charge in [-0.1, -0.05) is 54.1 Å².